The van der Waals surface area contributed by atoms with Crippen LogP contribution in [0.1, 0.15) is 33.9 Å². The molecule has 0 spiro atoms. The number of halogens is 2. The summed E-state index contributed by atoms with van der Waals surface area (Å²) in [6.45, 7) is 1.00. The maximum Gasteiger partial charge on any atom is 0.231 e. The van der Waals surface area contributed by atoms with E-state index in [2.05, 4.69) is 4.90 Å². The number of likely N-dealkylation sites (N-methyl/N-ethyl adjacent to an activating group) is 1. The van der Waals surface area contributed by atoms with Crippen molar-refractivity contribution in [3.05, 3.63) is 51.0 Å². The molecule has 0 saturated carbocycles. The zero-order valence-electron chi connectivity index (χ0n) is 15.1. The van der Waals surface area contributed by atoms with Crippen molar-refractivity contribution in [2.75, 3.05) is 27.5 Å². The van der Waals surface area contributed by atoms with E-state index >= 15 is 0 Å². The molecule has 0 aromatic heterocycles. The summed E-state index contributed by atoms with van der Waals surface area (Å²) in [5.41, 5.74) is 2.52. The molecule has 0 aliphatic carbocycles. The maximum absolute atomic E-state index is 13.0. The van der Waals surface area contributed by atoms with E-state index in [1.165, 1.54) is 0 Å². The fourth-order valence-electron chi connectivity index (χ4n) is 3.78. The van der Waals surface area contributed by atoms with Gasteiger partial charge < -0.3 is 14.2 Å². The van der Waals surface area contributed by atoms with E-state index in [1.807, 2.05) is 13.1 Å². The van der Waals surface area contributed by atoms with Crippen LogP contribution in [0.5, 0.6) is 17.2 Å². The Morgan fingerprint density at radius 2 is 2.11 bits per heavy atom. The van der Waals surface area contributed by atoms with Gasteiger partial charge in [-0.1, -0.05) is 23.2 Å². The highest BCUT2D eigenvalue weighted by Crippen LogP contribution is 2.50. The molecule has 142 valence electrons. The van der Waals surface area contributed by atoms with Crippen LogP contribution in [0.15, 0.2) is 24.3 Å². The lowest BCUT2D eigenvalue weighted by Crippen LogP contribution is -2.34. The fraction of sp³-hybridized carbons (Fsp3) is 0.350. The summed E-state index contributed by atoms with van der Waals surface area (Å²) in [7, 11) is 3.61. The van der Waals surface area contributed by atoms with Gasteiger partial charge in [-0.05, 0) is 43.3 Å². The van der Waals surface area contributed by atoms with Crippen molar-refractivity contribution >= 4 is 29.0 Å². The zero-order valence-corrected chi connectivity index (χ0v) is 16.6. The minimum absolute atomic E-state index is 0.0630. The molecule has 1 atom stereocenters. The number of nitrogens with zero attached hydrogens (tertiary/aromatic N) is 1. The SMILES string of the molecule is COc1c2c(cc3c1[C@@H](CC(=O)c1cc(Cl)ccc1Cl)N(C)CC3)OCO2. The minimum Gasteiger partial charge on any atom is -0.492 e. The molecule has 0 amide bonds. The third-order valence-corrected chi connectivity index (χ3v) is 5.72. The lowest BCUT2D eigenvalue weighted by atomic mass is 9.87. The lowest BCUT2D eigenvalue weighted by molar-refractivity contribution is 0.0925. The lowest BCUT2D eigenvalue weighted by Gasteiger charge is -2.35. The number of benzene rings is 2. The second kappa shape index (κ2) is 7.23. The standard InChI is InChI=1S/C20H19Cl2NO4/c1-23-6-5-11-7-17-19(27-10-26-17)20(25-2)18(11)15(23)9-16(24)13-8-12(21)3-4-14(13)22/h3-4,7-8,15H,5-6,9-10H2,1-2H3/t15-/m1/s1. The monoisotopic (exact) mass is 407 g/mol. The van der Waals surface area contributed by atoms with E-state index in [1.54, 1.807) is 25.3 Å². The Labute approximate surface area is 167 Å². The Kier molecular flexibility index (Phi) is 4.93. The fourth-order valence-corrected chi connectivity index (χ4v) is 4.17. The first-order valence-corrected chi connectivity index (χ1v) is 9.43. The summed E-state index contributed by atoms with van der Waals surface area (Å²) < 4.78 is 16.8. The van der Waals surface area contributed by atoms with E-state index in [9.17, 15) is 4.79 Å². The predicted octanol–water partition coefficient (Wildman–Crippen LogP) is 4.53. The van der Waals surface area contributed by atoms with Gasteiger partial charge in [-0.2, -0.15) is 0 Å². The van der Waals surface area contributed by atoms with E-state index in [0.29, 0.717) is 32.9 Å². The van der Waals surface area contributed by atoms with Crippen molar-refractivity contribution in [3.8, 4) is 17.2 Å². The van der Waals surface area contributed by atoms with Crippen molar-refractivity contribution in [1.29, 1.82) is 0 Å². The molecule has 0 fully saturated rings. The highest BCUT2D eigenvalue weighted by molar-refractivity contribution is 6.35. The molecule has 0 bridgehead atoms. The van der Waals surface area contributed by atoms with Gasteiger partial charge in [0.2, 0.25) is 12.5 Å². The Morgan fingerprint density at radius 1 is 1.30 bits per heavy atom. The van der Waals surface area contributed by atoms with Gasteiger partial charge >= 0.3 is 0 Å². The molecule has 2 aromatic carbocycles. The van der Waals surface area contributed by atoms with Gasteiger partial charge in [-0.15, -0.1) is 0 Å². The van der Waals surface area contributed by atoms with Crippen LogP contribution >= 0.6 is 23.2 Å². The van der Waals surface area contributed by atoms with Crippen LogP contribution < -0.4 is 14.2 Å². The normalized spacial score (nSPS) is 18.3. The van der Waals surface area contributed by atoms with Crippen LogP contribution in [0.2, 0.25) is 10.0 Å². The van der Waals surface area contributed by atoms with Gasteiger partial charge in [-0.3, -0.25) is 9.69 Å². The van der Waals surface area contributed by atoms with Crippen LogP contribution in [0.25, 0.3) is 0 Å². The van der Waals surface area contributed by atoms with Crippen LogP contribution in [0.3, 0.4) is 0 Å². The summed E-state index contributed by atoms with van der Waals surface area (Å²) in [5.74, 6) is 1.87. The molecule has 0 radical (unpaired) electrons. The van der Waals surface area contributed by atoms with E-state index < -0.39 is 0 Å². The quantitative estimate of drug-likeness (QED) is 0.696. The van der Waals surface area contributed by atoms with Crippen molar-refractivity contribution in [2.24, 2.45) is 0 Å². The van der Waals surface area contributed by atoms with Gasteiger partial charge in [-0.25, -0.2) is 0 Å². The highest BCUT2D eigenvalue weighted by Gasteiger charge is 2.35. The maximum atomic E-state index is 13.0. The summed E-state index contributed by atoms with van der Waals surface area (Å²) in [5, 5.41) is 0.891. The van der Waals surface area contributed by atoms with E-state index in [0.717, 1.165) is 24.1 Å². The average molecular weight is 408 g/mol. The van der Waals surface area contributed by atoms with Crippen molar-refractivity contribution in [1.82, 2.24) is 4.90 Å². The third-order valence-electron chi connectivity index (χ3n) is 5.15. The van der Waals surface area contributed by atoms with Gasteiger partial charge in [0.05, 0.1) is 12.1 Å². The molecular weight excluding hydrogens is 389 g/mol. The number of ketones is 1. The third kappa shape index (κ3) is 3.24. The predicted molar refractivity (Wildman–Crippen MR) is 104 cm³/mol. The highest BCUT2D eigenvalue weighted by atomic mass is 35.5. The number of ether oxygens (including phenoxy) is 3. The molecule has 0 unspecified atom stereocenters. The molecule has 2 aromatic rings. The summed E-state index contributed by atoms with van der Waals surface area (Å²) in [4.78, 5) is 15.2. The molecular formula is C20H19Cl2NO4. The topological polar surface area (TPSA) is 48.0 Å². The van der Waals surface area contributed by atoms with Crippen LogP contribution in [0, 0.1) is 0 Å². The first kappa shape index (κ1) is 18.4. The Bertz CT molecular complexity index is 915. The zero-order chi connectivity index (χ0) is 19.1. The van der Waals surface area contributed by atoms with E-state index in [-0.39, 0.29) is 25.0 Å². The van der Waals surface area contributed by atoms with E-state index in [4.69, 9.17) is 37.4 Å². The first-order chi connectivity index (χ1) is 13.0. The summed E-state index contributed by atoms with van der Waals surface area (Å²) in [6.07, 6.45) is 1.11. The molecule has 27 heavy (non-hydrogen) atoms. The van der Waals surface area contributed by atoms with Crippen LogP contribution in [-0.2, 0) is 6.42 Å². The largest absolute Gasteiger partial charge is 0.492 e. The van der Waals surface area contributed by atoms with Crippen LogP contribution in [0.4, 0.5) is 0 Å². The second-order valence-electron chi connectivity index (χ2n) is 6.71. The molecule has 2 aliphatic heterocycles. The Balaban J connectivity index is 1.74. The van der Waals surface area contributed by atoms with Gasteiger partial charge in [0.1, 0.15) is 0 Å². The molecule has 0 N–H and O–H groups in total. The molecule has 5 nitrogen and oxygen atoms in total. The smallest absolute Gasteiger partial charge is 0.231 e. The Morgan fingerprint density at radius 3 is 2.89 bits per heavy atom. The first-order valence-electron chi connectivity index (χ1n) is 8.67. The molecule has 0 saturated heterocycles. The van der Waals surface area contributed by atoms with Gasteiger partial charge in [0.25, 0.3) is 0 Å². The number of rotatable bonds is 4. The minimum atomic E-state index is -0.152. The number of hydrogen-bond donors (Lipinski definition) is 0. The molecule has 4 rings (SSSR count). The Hall–Kier alpha value is -1.95. The number of carbonyl (C=O) groups is 1. The van der Waals surface area contributed by atoms with Crippen molar-refractivity contribution < 1.29 is 19.0 Å². The number of fused-ring (bicyclic) bond motifs is 2. The number of hydrogen-bond acceptors (Lipinski definition) is 5. The number of Topliss-reactive ketones (excluding diaryl/α,β-unsaturated/α-hetero) is 1. The average Bonchev–Trinajstić information content (AvgIpc) is 3.12. The molecule has 2 aliphatic rings. The summed E-state index contributed by atoms with van der Waals surface area (Å²) in [6, 6.07) is 6.78. The second-order valence-corrected chi connectivity index (χ2v) is 7.56. The van der Waals surface area contributed by atoms with Gasteiger partial charge in [0.15, 0.2) is 17.3 Å². The molecule has 2 heterocycles. The summed E-state index contributed by atoms with van der Waals surface area (Å²) >= 11 is 12.3. The van der Waals surface area contributed by atoms with Crippen molar-refractivity contribution in [2.45, 2.75) is 18.9 Å². The van der Waals surface area contributed by atoms with Crippen LogP contribution in [-0.4, -0.2) is 38.2 Å². The number of methoxy groups -OCH3 is 1. The molecule has 7 heteroatoms. The van der Waals surface area contributed by atoms with Gasteiger partial charge in [0, 0.05) is 35.2 Å². The number of carbonyl (C=O) groups excluding carboxylic acids is 1. The van der Waals surface area contributed by atoms with Crippen molar-refractivity contribution in [3.63, 3.8) is 0 Å².